The van der Waals surface area contributed by atoms with Gasteiger partial charge in [0.15, 0.2) is 0 Å². The van der Waals surface area contributed by atoms with Crippen molar-refractivity contribution in [2.24, 2.45) is 0 Å². The fraction of sp³-hybridized carbons (Fsp3) is 0.192. The van der Waals surface area contributed by atoms with E-state index in [0.29, 0.717) is 28.9 Å². The topological polar surface area (TPSA) is 34.5 Å². The Bertz CT molecular complexity index is 1230. The summed E-state index contributed by atoms with van der Waals surface area (Å²) in [5, 5.41) is 2.01. The van der Waals surface area contributed by atoms with Gasteiger partial charge in [0.05, 0.1) is 0 Å². The molecule has 4 aromatic rings. The van der Waals surface area contributed by atoms with Crippen molar-refractivity contribution in [3.63, 3.8) is 0 Å². The molecule has 0 fully saturated rings. The molecule has 0 atom stereocenters. The molecule has 164 valence electrons. The normalized spacial score (nSPS) is 11.0. The van der Waals surface area contributed by atoms with Gasteiger partial charge in [-0.15, -0.1) is 0 Å². The number of aromatic nitrogens is 1. The molecule has 1 heterocycles. The van der Waals surface area contributed by atoms with Gasteiger partial charge in [0, 0.05) is 52.3 Å². The van der Waals surface area contributed by atoms with E-state index in [4.69, 9.17) is 27.9 Å². The molecule has 6 heteroatoms. The number of ether oxygens (including phenoxy) is 1. The second-order valence-electron chi connectivity index (χ2n) is 7.50. The fourth-order valence-corrected chi connectivity index (χ4v) is 4.42. The first kappa shape index (κ1) is 22.3. The molecule has 0 aliphatic carbocycles. The van der Waals surface area contributed by atoms with E-state index in [1.54, 1.807) is 11.0 Å². The van der Waals surface area contributed by atoms with E-state index < -0.39 is 0 Å². The Labute approximate surface area is 197 Å². The van der Waals surface area contributed by atoms with Crippen LogP contribution in [0.5, 0.6) is 5.75 Å². The van der Waals surface area contributed by atoms with Gasteiger partial charge in [-0.3, -0.25) is 0 Å². The van der Waals surface area contributed by atoms with Crippen molar-refractivity contribution in [2.75, 3.05) is 13.1 Å². The van der Waals surface area contributed by atoms with Crippen LogP contribution in [0.4, 0.5) is 4.79 Å². The number of rotatable bonds is 6. The zero-order valence-electron chi connectivity index (χ0n) is 18.0. The van der Waals surface area contributed by atoms with Crippen LogP contribution in [-0.2, 0) is 6.54 Å². The zero-order chi connectivity index (χ0) is 22.7. The monoisotopic (exact) mass is 466 g/mol. The summed E-state index contributed by atoms with van der Waals surface area (Å²) in [6.45, 7) is 5.73. The largest absolute Gasteiger partial charge is 0.415 e. The zero-order valence-corrected chi connectivity index (χ0v) is 19.5. The Kier molecular flexibility index (Phi) is 6.73. The summed E-state index contributed by atoms with van der Waals surface area (Å²) in [5.41, 5.74) is 3.82. The number of amides is 1. The molecule has 0 saturated carbocycles. The smallest absolute Gasteiger partial charge is 0.410 e. The maximum atomic E-state index is 12.7. The maximum absolute atomic E-state index is 12.7. The quantitative estimate of drug-likeness (QED) is 0.294. The van der Waals surface area contributed by atoms with Gasteiger partial charge in [-0.25, -0.2) is 4.79 Å². The number of nitrogens with zero attached hydrogens (tertiary/aromatic N) is 2. The SMILES string of the molecule is CCN(CC)C(=O)Oc1ccc2c(ccn2Cc2ccccc2)c1-c1cc(Cl)cc(Cl)c1. The molecule has 1 aromatic heterocycles. The number of benzene rings is 3. The highest BCUT2D eigenvalue weighted by Gasteiger charge is 2.19. The summed E-state index contributed by atoms with van der Waals surface area (Å²) in [6, 6.07) is 21.5. The van der Waals surface area contributed by atoms with Crippen molar-refractivity contribution in [2.45, 2.75) is 20.4 Å². The van der Waals surface area contributed by atoms with Crippen LogP contribution in [-0.4, -0.2) is 28.6 Å². The molecule has 0 aliphatic rings. The van der Waals surface area contributed by atoms with Crippen molar-refractivity contribution >= 4 is 40.2 Å². The van der Waals surface area contributed by atoms with Crippen LogP contribution in [0.1, 0.15) is 19.4 Å². The van der Waals surface area contributed by atoms with E-state index in [9.17, 15) is 4.79 Å². The highest BCUT2D eigenvalue weighted by molar-refractivity contribution is 6.35. The first-order valence-electron chi connectivity index (χ1n) is 10.6. The van der Waals surface area contributed by atoms with Gasteiger partial charge in [0.1, 0.15) is 5.75 Å². The van der Waals surface area contributed by atoms with Gasteiger partial charge >= 0.3 is 6.09 Å². The molecule has 0 aliphatic heterocycles. The Morgan fingerprint density at radius 3 is 2.28 bits per heavy atom. The van der Waals surface area contributed by atoms with Gasteiger partial charge in [0.25, 0.3) is 0 Å². The fourth-order valence-electron chi connectivity index (χ4n) is 3.89. The van der Waals surface area contributed by atoms with Gasteiger partial charge in [-0.05, 0) is 61.4 Å². The predicted molar refractivity (Wildman–Crippen MR) is 132 cm³/mol. The minimum Gasteiger partial charge on any atom is -0.410 e. The molecular formula is C26H24Cl2N2O2. The second kappa shape index (κ2) is 9.68. The van der Waals surface area contributed by atoms with Crippen molar-refractivity contribution in [1.29, 1.82) is 0 Å². The molecule has 0 saturated heterocycles. The lowest BCUT2D eigenvalue weighted by molar-refractivity contribution is 0.157. The highest BCUT2D eigenvalue weighted by Crippen LogP contribution is 2.40. The Morgan fingerprint density at radius 1 is 0.938 bits per heavy atom. The van der Waals surface area contributed by atoms with E-state index in [1.165, 1.54) is 5.56 Å². The summed E-state index contributed by atoms with van der Waals surface area (Å²) >= 11 is 12.6. The molecule has 0 radical (unpaired) electrons. The number of hydrogen-bond acceptors (Lipinski definition) is 2. The van der Waals surface area contributed by atoms with Gasteiger partial charge in [-0.1, -0.05) is 53.5 Å². The molecule has 0 unspecified atom stereocenters. The third-order valence-electron chi connectivity index (χ3n) is 5.48. The lowest BCUT2D eigenvalue weighted by Gasteiger charge is -2.20. The van der Waals surface area contributed by atoms with Crippen molar-refractivity contribution in [1.82, 2.24) is 9.47 Å². The van der Waals surface area contributed by atoms with Crippen LogP contribution < -0.4 is 4.74 Å². The number of fused-ring (bicyclic) bond motifs is 1. The minimum atomic E-state index is -0.382. The second-order valence-corrected chi connectivity index (χ2v) is 8.37. The van der Waals surface area contributed by atoms with Gasteiger partial charge in [0.2, 0.25) is 0 Å². The predicted octanol–water partition coefficient (Wildman–Crippen LogP) is 7.50. The third-order valence-corrected chi connectivity index (χ3v) is 5.92. The Balaban J connectivity index is 1.85. The van der Waals surface area contributed by atoms with Crippen LogP contribution in [0.3, 0.4) is 0 Å². The highest BCUT2D eigenvalue weighted by atomic mass is 35.5. The molecule has 0 spiro atoms. The molecule has 4 nitrogen and oxygen atoms in total. The first-order valence-corrected chi connectivity index (χ1v) is 11.3. The average Bonchev–Trinajstić information content (AvgIpc) is 3.17. The van der Waals surface area contributed by atoms with E-state index in [-0.39, 0.29) is 6.09 Å². The maximum Gasteiger partial charge on any atom is 0.415 e. The summed E-state index contributed by atoms with van der Waals surface area (Å²) in [4.78, 5) is 14.4. The standard InChI is InChI=1S/C26H24Cl2N2O2/c1-3-29(4-2)26(31)32-24-11-10-23-22(25(24)19-14-20(27)16-21(28)15-19)12-13-30(23)17-18-8-6-5-7-9-18/h5-16H,3-4,17H2,1-2H3. The molecule has 4 rings (SSSR count). The number of halogens is 2. The molecular weight excluding hydrogens is 443 g/mol. The minimum absolute atomic E-state index is 0.382. The van der Waals surface area contributed by atoms with Crippen molar-refractivity contribution in [3.05, 3.63) is 88.5 Å². The van der Waals surface area contributed by atoms with Crippen LogP contribution in [0.15, 0.2) is 72.9 Å². The Hall–Kier alpha value is -2.95. The van der Waals surface area contributed by atoms with Gasteiger partial charge in [-0.2, -0.15) is 0 Å². The van der Waals surface area contributed by atoms with E-state index in [2.05, 4.69) is 16.7 Å². The lowest BCUT2D eigenvalue weighted by atomic mass is 10.0. The number of carbonyl (C=O) groups is 1. The summed E-state index contributed by atoms with van der Waals surface area (Å²) < 4.78 is 8.03. The van der Waals surface area contributed by atoms with Crippen LogP contribution in [0.25, 0.3) is 22.0 Å². The van der Waals surface area contributed by atoms with Gasteiger partial charge < -0.3 is 14.2 Å². The van der Waals surface area contributed by atoms with E-state index in [1.807, 2.05) is 68.6 Å². The summed E-state index contributed by atoms with van der Waals surface area (Å²) in [6.07, 6.45) is 1.66. The number of carbonyl (C=O) groups excluding carboxylic acids is 1. The Morgan fingerprint density at radius 2 is 1.62 bits per heavy atom. The van der Waals surface area contributed by atoms with E-state index in [0.717, 1.165) is 28.6 Å². The first-order chi connectivity index (χ1) is 15.5. The molecule has 3 aromatic carbocycles. The van der Waals surface area contributed by atoms with Crippen molar-refractivity contribution < 1.29 is 9.53 Å². The molecule has 1 amide bonds. The average molecular weight is 467 g/mol. The van der Waals surface area contributed by atoms with Crippen LogP contribution >= 0.6 is 23.2 Å². The van der Waals surface area contributed by atoms with Crippen molar-refractivity contribution in [3.8, 4) is 16.9 Å². The van der Waals surface area contributed by atoms with Crippen LogP contribution in [0, 0.1) is 0 Å². The summed E-state index contributed by atoms with van der Waals surface area (Å²) in [5.74, 6) is 0.477. The number of hydrogen-bond donors (Lipinski definition) is 0. The summed E-state index contributed by atoms with van der Waals surface area (Å²) in [7, 11) is 0. The molecule has 0 bridgehead atoms. The van der Waals surface area contributed by atoms with E-state index >= 15 is 0 Å². The molecule has 32 heavy (non-hydrogen) atoms. The van der Waals surface area contributed by atoms with Crippen LogP contribution in [0.2, 0.25) is 10.0 Å². The molecule has 0 N–H and O–H groups in total. The lowest BCUT2D eigenvalue weighted by Crippen LogP contribution is -2.33. The third kappa shape index (κ3) is 4.62.